The quantitative estimate of drug-likeness (QED) is 0.599. The lowest BCUT2D eigenvalue weighted by Gasteiger charge is -2.44. The van der Waals surface area contributed by atoms with Gasteiger partial charge in [0, 0.05) is 56.1 Å². The van der Waals surface area contributed by atoms with Crippen LogP contribution in [0.25, 0.3) is 0 Å². The van der Waals surface area contributed by atoms with E-state index in [9.17, 15) is 5.11 Å². The molecule has 2 aliphatic heterocycles. The van der Waals surface area contributed by atoms with E-state index in [1.54, 1.807) is 0 Å². The third kappa shape index (κ3) is 3.59. The highest BCUT2D eigenvalue weighted by Gasteiger charge is 2.44. The monoisotopic (exact) mass is 301 g/mol. The number of nitrogens with zero attached hydrogens (tertiary/aromatic N) is 2. The van der Waals surface area contributed by atoms with Gasteiger partial charge in [0.1, 0.15) is 0 Å². The van der Waals surface area contributed by atoms with E-state index in [1.165, 1.54) is 0 Å². The summed E-state index contributed by atoms with van der Waals surface area (Å²) >= 11 is 1.96. The summed E-state index contributed by atoms with van der Waals surface area (Å²) in [5.74, 6) is 2.84. The molecule has 0 unspecified atom stereocenters. The summed E-state index contributed by atoms with van der Waals surface area (Å²) in [7, 11) is 0. The van der Waals surface area contributed by atoms with E-state index in [0.717, 1.165) is 24.6 Å². The van der Waals surface area contributed by atoms with Gasteiger partial charge >= 0.3 is 0 Å². The minimum absolute atomic E-state index is 0.286. The molecule has 0 amide bonds. The zero-order valence-electron chi connectivity index (χ0n) is 12.6. The maximum absolute atomic E-state index is 10.8. The second-order valence-corrected chi connectivity index (χ2v) is 7.53. The number of ether oxygens (including phenoxy) is 1. The van der Waals surface area contributed by atoms with Gasteiger partial charge < -0.3 is 20.5 Å². The molecule has 0 saturated carbocycles. The molecule has 3 N–H and O–H groups in total. The van der Waals surface area contributed by atoms with Gasteiger partial charge in [-0.3, -0.25) is 4.99 Å². The molecule has 0 aliphatic carbocycles. The number of thioether (sulfide) groups is 1. The molecule has 20 heavy (non-hydrogen) atoms. The summed E-state index contributed by atoms with van der Waals surface area (Å²) in [6.45, 7) is 7.89. The number of aliphatic hydroxyl groups is 1. The molecule has 0 aromatic heterocycles. The summed E-state index contributed by atoms with van der Waals surface area (Å²) in [5, 5.41) is 10.8. The highest BCUT2D eigenvalue weighted by Crippen LogP contribution is 2.38. The van der Waals surface area contributed by atoms with E-state index in [0.29, 0.717) is 38.6 Å². The van der Waals surface area contributed by atoms with Crippen molar-refractivity contribution in [3.05, 3.63) is 0 Å². The number of aliphatic imine (C=N–C) groups is 1. The van der Waals surface area contributed by atoms with Crippen LogP contribution in [0.3, 0.4) is 0 Å². The average molecular weight is 301 g/mol. The lowest BCUT2D eigenvalue weighted by molar-refractivity contribution is -0.128. The van der Waals surface area contributed by atoms with Crippen molar-refractivity contribution >= 4 is 17.7 Å². The molecule has 6 heteroatoms. The van der Waals surface area contributed by atoms with Crippen LogP contribution in [0.15, 0.2) is 4.99 Å². The Bertz CT molecular complexity index is 348. The fraction of sp³-hybridized carbons (Fsp3) is 0.929. The summed E-state index contributed by atoms with van der Waals surface area (Å²) in [6, 6.07) is 0. The maximum atomic E-state index is 10.8. The van der Waals surface area contributed by atoms with Crippen molar-refractivity contribution in [1.29, 1.82) is 0 Å². The summed E-state index contributed by atoms with van der Waals surface area (Å²) < 4.78 is 5.35. The average Bonchev–Trinajstić information content (AvgIpc) is 2.46. The Hall–Kier alpha value is -0.460. The van der Waals surface area contributed by atoms with Gasteiger partial charge in [0.2, 0.25) is 0 Å². The maximum Gasteiger partial charge on any atom is 0.191 e. The molecule has 2 aliphatic rings. The van der Waals surface area contributed by atoms with Gasteiger partial charge in [0.15, 0.2) is 5.96 Å². The van der Waals surface area contributed by atoms with Crippen LogP contribution in [0.2, 0.25) is 0 Å². The number of hydrogen-bond acceptors (Lipinski definition) is 4. The van der Waals surface area contributed by atoms with Crippen LogP contribution in [0.5, 0.6) is 0 Å². The van der Waals surface area contributed by atoms with Gasteiger partial charge in [0.25, 0.3) is 0 Å². The fourth-order valence-electron chi connectivity index (χ4n) is 2.70. The van der Waals surface area contributed by atoms with E-state index < -0.39 is 5.60 Å². The smallest absolute Gasteiger partial charge is 0.191 e. The van der Waals surface area contributed by atoms with Crippen molar-refractivity contribution in [2.45, 2.75) is 32.3 Å². The molecule has 0 spiro atoms. The SMILES string of the molecule is CC(C)(CN=C(N)N1CCSCC1)C1(O)CCOCC1. The Kier molecular flexibility index (Phi) is 5.20. The van der Waals surface area contributed by atoms with E-state index in [2.05, 4.69) is 23.7 Å². The first-order valence-corrected chi connectivity index (χ1v) is 8.53. The molecular formula is C14H27N3O2S. The molecule has 0 aromatic rings. The van der Waals surface area contributed by atoms with Crippen molar-refractivity contribution in [1.82, 2.24) is 4.90 Å². The highest BCUT2D eigenvalue weighted by atomic mass is 32.2. The molecule has 2 rings (SSSR count). The van der Waals surface area contributed by atoms with E-state index >= 15 is 0 Å². The lowest BCUT2D eigenvalue weighted by atomic mass is 9.70. The number of nitrogens with two attached hydrogens (primary N) is 1. The first-order valence-electron chi connectivity index (χ1n) is 7.37. The second kappa shape index (κ2) is 6.54. The Morgan fingerprint density at radius 3 is 2.55 bits per heavy atom. The fourth-order valence-corrected chi connectivity index (χ4v) is 3.61. The number of guanidine groups is 1. The van der Waals surface area contributed by atoms with Gasteiger partial charge in [-0.05, 0) is 0 Å². The summed E-state index contributed by atoms with van der Waals surface area (Å²) in [4.78, 5) is 6.69. The van der Waals surface area contributed by atoms with Gasteiger partial charge in [-0.25, -0.2) is 0 Å². The molecule has 2 saturated heterocycles. The van der Waals surface area contributed by atoms with Gasteiger partial charge in [0.05, 0.1) is 12.1 Å². The van der Waals surface area contributed by atoms with Crippen molar-refractivity contribution in [3.63, 3.8) is 0 Å². The van der Waals surface area contributed by atoms with Gasteiger partial charge in [-0.1, -0.05) is 13.8 Å². The Balaban J connectivity index is 1.96. The normalized spacial score (nSPS) is 24.8. The van der Waals surface area contributed by atoms with E-state index in [1.807, 2.05) is 11.8 Å². The summed E-state index contributed by atoms with van der Waals surface area (Å²) in [6.07, 6.45) is 1.35. The largest absolute Gasteiger partial charge is 0.389 e. The molecule has 5 nitrogen and oxygen atoms in total. The van der Waals surface area contributed by atoms with Crippen LogP contribution in [-0.2, 0) is 4.74 Å². The molecule has 116 valence electrons. The topological polar surface area (TPSA) is 71.1 Å². The lowest BCUT2D eigenvalue weighted by Crippen LogP contribution is -2.51. The van der Waals surface area contributed by atoms with Crippen LogP contribution in [0, 0.1) is 5.41 Å². The van der Waals surface area contributed by atoms with Crippen LogP contribution in [-0.4, -0.2) is 65.9 Å². The molecule has 2 heterocycles. The summed E-state index contributed by atoms with van der Waals surface area (Å²) in [5.41, 5.74) is 5.10. The molecule has 0 aromatic carbocycles. The molecule has 0 radical (unpaired) electrons. The Morgan fingerprint density at radius 1 is 1.35 bits per heavy atom. The second-order valence-electron chi connectivity index (χ2n) is 6.30. The standard InChI is InChI=1S/C14H27N3O2S/c1-13(2,14(18)3-7-19-8-4-14)11-16-12(15)17-5-9-20-10-6-17/h18H,3-11H2,1-2H3,(H2,15,16). The zero-order valence-corrected chi connectivity index (χ0v) is 13.4. The molecule has 0 bridgehead atoms. The third-order valence-corrected chi connectivity index (χ3v) is 5.49. The predicted octanol–water partition coefficient (Wildman–Crippen LogP) is 0.918. The minimum atomic E-state index is -0.702. The first kappa shape index (κ1) is 15.9. The number of rotatable bonds is 3. The van der Waals surface area contributed by atoms with Gasteiger partial charge in [-0.2, -0.15) is 11.8 Å². The molecule has 0 atom stereocenters. The molecular weight excluding hydrogens is 274 g/mol. The predicted molar refractivity (Wildman–Crippen MR) is 84.2 cm³/mol. The van der Waals surface area contributed by atoms with Crippen LogP contribution >= 0.6 is 11.8 Å². The van der Waals surface area contributed by atoms with E-state index in [-0.39, 0.29) is 5.41 Å². The first-order chi connectivity index (χ1) is 9.45. The van der Waals surface area contributed by atoms with Crippen molar-refractivity contribution in [3.8, 4) is 0 Å². The number of hydrogen-bond donors (Lipinski definition) is 2. The third-order valence-electron chi connectivity index (χ3n) is 4.55. The van der Waals surface area contributed by atoms with Crippen LogP contribution in [0.1, 0.15) is 26.7 Å². The zero-order chi connectivity index (χ0) is 14.6. The minimum Gasteiger partial charge on any atom is -0.389 e. The highest BCUT2D eigenvalue weighted by molar-refractivity contribution is 7.99. The van der Waals surface area contributed by atoms with E-state index in [4.69, 9.17) is 10.5 Å². The Morgan fingerprint density at radius 2 is 1.95 bits per heavy atom. The van der Waals surface area contributed by atoms with Crippen LogP contribution in [0.4, 0.5) is 0 Å². The van der Waals surface area contributed by atoms with Crippen molar-refractivity contribution in [2.24, 2.45) is 16.1 Å². The van der Waals surface area contributed by atoms with Crippen molar-refractivity contribution in [2.75, 3.05) is 44.4 Å². The van der Waals surface area contributed by atoms with Gasteiger partial charge in [-0.15, -0.1) is 0 Å². The Labute approximate surface area is 125 Å². The molecule has 2 fully saturated rings. The van der Waals surface area contributed by atoms with Crippen LogP contribution < -0.4 is 5.73 Å². The van der Waals surface area contributed by atoms with Crippen molar-refractivity contribution < 1.29 is 9.84 Å².